The van der Waals surface area contributed by atoms with Crippen LogP contribution in [0, 0.1) is 11.2 Å². The van der Waals surface area contributed by atoms with Crippen LogP contribution in [0.5, 0.6) is 0 Å². The lowest BCUT2D eigenvalue weighted by Gasteiger charge is -2.42. The third-order valence-corrected chi connectivity index (χ3v) is 4.56. The van der Waals surface area contributed by atoms with Gasteiger partial charge in [-0.15, -0.1) is 0 Å². The van der Waals surface area contributed by atoms with E-state index in [1.807, 2.05) is 0 Å². The molecule has 1 heterocycles. The second kappa shape index (κ2) is 7.68. The number of likely N-dealkylation sites (tertiary alicyclic amines) is 1. The van der Waals surface area contributed by atoms with Gasteiger partial charge in [-0.25, -0.2) is 4.39 Å². The van der Waals surface area contributed by atoms with Gasteiger partial charge in [0.2, 0.25) is 5.91 Å². The van der Waals surface area contributed by atoms with E-state index in [4.69, 9.17) is 0 Å². The maximum atomic E-state index is 13.9. The normalized spacial score (nSPS) is 21.3. The van der Waals surface area contributed by atoms with Gasteiger partial charge in [-0.3, -0.25) is 4.79 Å². The number of hydrogen-bond acceptors (Lipinski definition) is 3. The molecule has 23 heavy (non-hydrogen) atoms. The van der Waals surface area contributed by atoms with E-state index in [-0.39, 0.29) is 37.0 Å². The van der Waals surface area contributed by atoms with E-state index in [1.165, 1.54) is 13.0 Å². The summed E-state index contributed by atoms with van der Waals surface area (Å²) in [5.41, 5.74) is 0.0614. The van der Waals surface area contributed by atoms with Crippen LogP contribution >= 0.6 is 0 Å². The number of aliphatic hydroxyl groups is 1. The number of carbonyl (C=O) groups is 2. The molecule has 1 atom stereocenters. The van der Waals surface area contributed by atoms with Crippen LogP contribution < -0.4 is 0 Å². The first-order chi connectivity index (χ1) is 11.0. The van der Waals surface area contributed by atoms with E-state index >= 15 is 0 Å². The van der Waals surface area contributed by atoms with Crippen molar-refractivity contribution in [3.05, 3.63) is 35.6 Å². The predicted octanol–water partition coefficient (Wildman–Crippen LogP) is 2.34. The van der Waals surface area contributed by atoms with Crippen LogP contribution in [0.3, 0.4) is 0 Å². The molecule has 1 aromatic carbocycles. The summed E-state index contributed by atoms with van der Waals surface area (Å²) in [5, 5.41) is 9.90. The number of nitrogens with zero attached hydrogens (tertiary/aromatic N) is 1. The summed E-state index contributed by atoms with van der Waals surface area (Å²) in [6, 6.07) is 6.56. The van der Waals surface area contributed by atoms with Gasteiger partial charge < -0.3 is 14.8 Å². The average Bonchev–Trinajstić information content (AvgIpc) is 2.55. The first kappa shape index (κ1) is 17.6. The molecule has 2 rings (SSSR count). The van der Waals surface area contributed by atoms with Gasteiger partial charge in [0.25, 0.3) is 0 Å². The molecule has 1 aromatic rings. The van der Waals surface area contributed by atoms with Crippen LogP contribution in [0.25, 0.3) is 0 Å². The first-order valence-electron chi connectivity index (χ1n) is 8.07. The van der Waals surface area contributed by atoms with Crippen LogP contribution in [0.2, 0.25) is 0 Å². The molecule has 126 valence electrons. The fraction of sp³-hybridized carbons (Fsp3) is 0.556. The van der Waals surface area contributed by atoms with Crippen molar-refractivity contribution in [2.24, 2.45) is 5.41 Å². The van der Waals surface area contributed by atoms with E-state index in [2.05, 4.69) is 0 Å². The lowest BCUT2D eigenvalue weighted by molar-refractivity contribution is -0.137. The minimum absolute atomic E-state index is 0.00450. The molecule has 0 spiro atoms. The van der Waals surface area contributed by atoms with Gasteiger partial charge in [0.05, 0.1) is 6.61 Å². The molecule has 4 nitrogen and oxygen atoms in total. The van der Waals surface area contributed by atoms with Crippen molar-refractivity contribution in [2.75, 3.05) is 19.7 Å². The van der Waals surface area contributed by atoms with Crippen LogP contribution in [-0.4, -0.2) is 41.4 Å². The number of ketones is 1. The zero-order valence-corrected chi connectivity index (χ0v) is 13.6. The highest BCUT2D eigenvalue weighted by Gasteiger charge is 2.37. The predicted molar refractivity (Wildman–Crippen MR) is 85.4 cm³/mol. The Morgan fingerprint density at radius 2 is 2.04 bits per heavy atom. The molecule has 1 fully saturated rings. The molecule has 0 bridgehead atoms. The fourth-order valence-electron chi connectivity index (χ4n) is 3.24. The summed E-state index contributed by atoms with van der Waals surface area (Å²) in [6.45, 7) is 2.43. The van der Waals surface area contributed by atoms with Gasteiger partial charge >= 0.3 is 0 Å². The van der Waals surface area contributed by atoms with E-state index in [0.717, 1.165) is 12.8 Å². The lowest BCUT2D eigenvalue weighted by Crippen LogP contribution is -2.49. The van der Waals surface area contributed by atoms with Gasteiger partial charge in [-0.2, -0.15) is 0 Å². The highest BCUT2D eigenvalue weighted by Crippen LogP contribution is 2.34. The minimum Gasteiger partial charge on any atom is -0.396 e. The average molecular weight is 321 g/mol. The number of rotatable bonds is 6. The maximum Gasteiger partial charge on any atom is 0.223 e. The Balaban J connectivity index is 2.08. The fourth-order valence-corrected chi connectivity index (χ4v) is 3.24. The van der Waals surface area contributed by atoms with Crippen molar-refractivity contribution in [3.8, 4) is 0 Å². The molecular weight excluding hydrogens is 297 g/mol. The number of hydrogen-bond donors (Lipinski definition) is 1. The van der Waals surface area contributed by atoms with Crippen LogP contribution in [0.15, 0.2) is 24.3 Å². The highest BCUT2D eigenvalue weighted by atomic mass is 19.1. The third-order valence-electron chi connectivity index (χ3n) is 4.56. The van der Waals surface area contributed by atoms with Crippen LogP contribution in [0.4, 0.5) is 4.39 Å². The molecular formula is C18H24FNO3. The van der Waals surface area contributed by atoms with Gasteiger partial charge in [0.1, 0.15) is 11.6 Å². The standard InChI is InChI=1S/C18H24FNO3/c1-14(22)7-8-17(23)20-10-4-9-18(12-20,13-21)11-15-5-2-3-6-16(15)19/h2-3,5-6,21H,4,7-13H2,1H3/t18-/m0/s1. The number of aliphatic hydroxyl groups excluding tert-OH is 1. The lowest BCUT2D eigenvalue weighted by atomic mass is 9.75. The molecule has 0 saturated carbocycles. The van der Waals surface area contributed by atoms with Crippen molar-refractivity contribution < 1.29 is 19.1 Å². The highest BCUT2D eigenvalue weighted by molar-refractivity contribution is 5.83. The largest absolute Gasteiger partial charge is 0.396 e. The van der Waals surface area contributed by atoms with E-state index < -0.39 is 5.41 Å². The third kappa shape index (κ3) is 4.61. The zero-order valence-electron chi connectivity index (χ0n) is 13.6. The van der Waals surface area contributed by atoms with E-state index in [1.54, 1.807) is 23.1 Å². The van der Waals surface area contributed by atoms with Gasteiger partial charge in [-0.05, 0) is 37.8 Å². The Morgan fingerprint density at radius 1 is 1.30 bits per heavy atom. The molecule has 0 aliphatic carbocycles. The second-order valence-corrected chi connectivity index (χ2v) is 6.55. The van der Waals surface area contributed by atoms with Gasteiger partial charge in [0.15, 0.2) is 0 Å². The van der Waals surface area contributed by atoms with Crippen molar-refractivity contribution in [1.29, 1.82) is 0 Å². The van der Waals surface area contributed by atoms with Gasteiger partial charge in [-0.1, -0.05) is 18.2 Å². The Kier molecular flexibility index (Phi) is 5.88. The van der Waals surface area contributed by atoms with Crippen molar-refractivity contribution in [3.63, 3.8) is 0 Å². The molecule has 1 aliphatic heterocycles. The molecule has 1 amide bonds. The summed E-state index contributed by atoms with van der Waals surface area (Å²) < 4.78 is 13.9. The van der Waals surface area contributed by atoms with E-state index in [0.29, 0.717) is 25.1 Å². The number of halogens is 1. The summed E-state index contributed by atoms with van der Waals surface area (Å²) in [7, 11) is 0. The number of Topliss-reactive ketones (excluding diaryl/α,β-unsaturated/α-hetero) is 1. The molecule has 1 N–H and O–H groups in total. The van der Waals surface area contributed by atoms with E-state index in [9.17, 15) is 19.1 Å². The summed E-state index contributed by atoms with van der Waals surface area (Å²) in [4.78, 5) is 25.0. The quantitative estimate of drug-likeness (QED) is 0.875. The number of amides is 1. The van der Waals surface area contributed by atoms with Gasteiger partial charge in [0, 0.05) is 31.3 Å². The molecule has 5 heteroatoms. The molecule has 1 aliphatic rings. The number of benzene rings is 1. The van der Waals surface area contributed by atoms with Crippen molar-refractivity contribution in [1.82, 2.24) is 4.90 Å². The minimum atomic E-state index is -0.508. The molecule has 1 saturated heterocycles. The Morgan fingerprint density at radius 3 is 2.70 bits per heavy atom. The molecule has 0 aromatic heterocycles. The monoisotopic (exact) mass is 321 g/mol. The maximum absolute atomic E-state index is 13.9. The summed E-state index contributed by atoms with van der Waals surface area (Å²) in [6.07, 6.45) is 2.40. The number of piperidine rings is 1. The van der Waals surface area contributed by atoms with Crippen molar-refractivity contribution >= 4 is 11.7 Å². The SMILES string of the molecule is CC(=O)CCC(=O)N1CCC[C@](CO)(Cc2ccccc2F)C1. The second-order valence-electron chi connectivity index (χ2n) is 6.55. The van der Waals surface area contributed by atoms with Crippen LogP contribution in [0.1, 0.15) is 38.2 Å². The number of carbonyl (C=O) groups excluding carboxylic acids is 2. The van der Waals surface area contributed by atoms with Crippen molar-refractivity contribution in [2.45, 2.75) is 39.0 Å². The Labute approximate surface area is 136 Å². The molecule has 0 unspecified atom stereocenters. The smallest absolute Gasteiger partial charge is 0.223 e. The first-order valence-corrected chi connectivity index (χ1v) is 8.07. The zero-order chi connectivity index (χ0) is 16.9. The molecule has 0 radical (unpaired) electrons. The summed E-state index contributed by atoms with van der Waals surface area (Å²) in [5.74, 6) is -0.346. The topological polar surface area (TPSA) is 57.6 Å². The summed E-state index contributed by atoms with van der Waals surface area (Å²) >= 11 is 0. The Hall–Kier alpha value is -1.75. The Bertz CT molecular complexity index is 575. The van der Waals surface area contributed by atoms with Crippen LogP contribution in [-0.2, 0) is 16.0 Å².